The first-order valence-corrected chi connectivity index (χ1v) is 11.3. The van der Waals surface area contributed by atoms with Crippen LogP contribution in [-0.2, 0) is 4.79 Å². The van der Waals surface area contributed by atoms with Crippen molar-refractivity contribution in [2.24, 2.45) is 5.92 Å². The summed E-state index contributed by atoms with van der Waals surface area (Å²) in [6, 6.07) is 12.4. The van der Waals surface area contributed by atoms with E-state index in [4.69, 9.17) is 0 Å². The summed E-state index contributed by atoms with van der Waals surface area (Å²) < 4.78 is 0. The molecule has 5 heteroatoms. The van der Waals surface area contributed by atoms with Gasteiger partial charge in [-0.15, -0.1) is 10.2 Å². The molecule has 1 N–H and O–H groups in total. The molecule has 1 aliphatic carbocycles. The molecule has 1 aromatic carbocycles. The fourth-order valence-electron chi connectivity index (χ4n) is 4.39. The summed E-state index contributed by atoms with van der Waals surface area (Å²) in [5, 5.41) is 12.0. The van der Waals surface area contributed by atoms with Gasteiger partial charge in [0.15, 0.2) is 5.82 Å². The average Bonchev–Trinajstić information content (AvgIpc) is 2.80. The molecule has 0 saturated carbocycles. The quantitative estimate of drug-likeness (QED) is 0.711. The zero-order valence-corrected chi connectivity index (χ0v) is 17.9. The summed E-state index contributed by atoms with van der Waals surface area (Å²) in [5.41, 5.74) is 4.69. The lowest BCUT2D eigenvalue weighted by atomic mass is 9.96. The molecule has 1 amide bonds. The van der Waals surface area contributed by atoms with Crippen LogP contribution in [0.25, 0.3) is 11.3 Å². The number of anilines is 1. The summed E-state index contributed by atoms with van der Waals surface area (Å²) in [4.78, 5) is 14.9. The van der Waals surface area contributed by atoms with Crippen LogP contribution in [-0.4, -0.2) is 35.7 Å². The number of hydrogen-bond acceptors (Lipinski definition) is 4. The number of nitrogens with zero attached hydrogens (tertiary/aromatic N) is 3. The van der Waals surface area contributed by atoms with E-state index in [2.05, 4.69) is 57.7 Å². The fourth-order valence-corrected chi connectivity index (χ4v) is 4.39. The van der Waals surface area contributed by atoms with E-state index in [-0.39, 0.29) is 11.8 Å². The molecule has 2 aromatic rings. The molecule has 2 aliphatic rings. The zero-order valence-electron chi connectivity index (χ0n) is 17.9. The molecule has 1 aliphatic heterocycles. The van der Waals surface area contributed by atoms with Crippen molar-refractivity contribution in [1.29, 1.82) is 0 Å². The lowest BCUT2D eigenvalue weighted by Gasteiger charge is -2.32. The highest BCUT2D eigenvalue weighted by Crippen LogP contribution is 2.24. The largest absolute Gasteiger partial charge is 0.355 e. The molecule has 1 saturated heterocycles. The highest BCUT2D eigenvalue weighted by atomic mass is 16.1. The van der Waals surface area contributed by atoms with Crippen LogP contribution in [0, 0.1) is 12.8 Å². The third kappa shape index (κ3) is 5.26. The maximum atomic E-state index is 12.7. The van der Waals surface area contributed by atoms with Gasteiger partial charge in [-0.3, -0.25) is 4.79 Å². The number of carbonyl (C=O) groups excluding carboxylic acids is 1. The summed E-state index contributed by atoms with van der Waals surface area (Å²) in [5.74, 6) is 1.06. The summed E-state index contributed by atoms with van der Waals surface area (Å²) in [6.45, 7) is 4.48. The Labute approximate surface area is 179 Å². The normalized spacial score (nSPS) is 19.3. The van der Waals surface area contributed by atoms with Crippen LogP contribution in [0.15, 0.2) is 48.0 Å². The van der Waals surface area contributed by atoms with Gasteiger partial charge in [0, 0.05) is 25.2 Å². The van der Waals surface area contributed by atoms with Crippen LogP contribution in [0.5, 0.6) is 0 Å². The highest BCUT2D eigenvalue weighted by Gasteiger charge is 2.26. The predicted octanol–water partition coefficient (Wildman–Crippen LogP) is 4.68. The Balaban J connectivity index is 1.31. The third-order valence-electron chi connectivity index (χ3n) is 6.24. The summed E-state index contributed by atoms with van der Waals surface area (Å²) in [7, 11) is 0. The zero-order chi connectivity index (χ0) is 20.8. The molecule has 1 fully saturated rings. The number of carbonyl (C=O) groups is 1. The number of piperidine rings is 1. The Morgan fingerprint density at radius 3 is 2.70 bits per heavy atom. The minimum Gasteiger partial charge on any atom is -0.355 e. The van der Waals surface area contributed by atoms with Gasteiger partial charge in [-0.2, -0.15) is 0 Å². The van der Waals surface area contributed by atoms with E-state index in [1.165, 1.54) is 36.8 Å². The van der Waals surface area contributed by atoms with Crippen LogP contribution in [0.4, 0.5) is 5.82 Å². The van der Waals surface area contributed by atoms with Crippen LogP contribution in [0.1, 0.15) is 50.5 Å². The predicted molar refractivity (Wildman–Crippen MR) is 121 cm³/mol. The summed E-state index contributed by atoms with van der Waals surface area (Å²) >= 11 is 0. The Kier molecular flexibility index (Phi) is 6.77. The van der Waals surface area contributed by atoms with Crippen molar-refractivity contribution in [3.05, 3.63) is 53.6 Å². The molecule has 0 unspecified atom stereocenters. The van der Waals surface area contributed by atoms with Gasteiger partial charge in [0.2, 0.25) is 5.91 Å². The molecule has 4 rings (SSSR count). The lowest BCUT2D eigenvalue weighted by molar-refractivity contribution is -0.125. The molecule has 2 heterocycles. The Hall–Kier alpha value is -2.69. The molecule has 0 spiro atoms. The molecule has 5 nitrogen and oxygen atoms in total. The SMILES string of the molecule is Cc1ccc(-c2ccc(N3CCC[C@@H](C(=O)NCCC4=CCCCC4)C3)nn2)cc1. The molecule has 1 aromatic heterocycles. The second kappa shape index (κ2) is 9.88. The minimum absolute atomic E-state index is 0.0256. The first kappa shape index (κ1) is 20.6. The van der Waals surface area contributed by atoms with Gasteiger partial charge in [0.1, 0.15) is 0 Å². The smallest absolute Gasteiger partial charge is 0.224 e. The molecular weight excluding hydrogens is 372 g/mol. The van der Waals surface area contributed by atoms with Crippen molar-refractivity contribution in [2.75, 3.05) is 24.5 Å². The second-order valence-electron chi connectivity index (χ2n) is 8.58. The van der Waals surface area contributed by atoms with E-state index >= 15 is 0 Å². The third-order valence-corrected chi connectivity index (χ3v) is 6.24. The molecule has 1 atom stereocenters. The van der Waals surface area contributed by atoms with E-state index in [1.54, 1.807) is 0 Å². The molecule has 0 bridgehead atoms. The van der Waals surface area contributed by atoms with Gasteiger partial charge in [0.25, 0.3) is 0 Å². The number of aryl methyl sites for hydroxylation is 1. The van der Waals surface area contributed by atoms with Gasteiger partial charge < -0.3 is 10.2 Å². The van der Waals surface area contributed by atoms with Crippen molar-refractivity contribution < 1.29 is 4.79 Å². The number of benzene rings is 1. The second-order valence-corrected chi connectivity index (χ2v) is 8.58. The van der Waals surface area contributed by atoms with E-state index in [1.807, 2.05) is 12.1 Å². The Morgan fingerprint density at radius 1 is 1.10 bits per heavy atom. The first-order valence-electron chi connectivity index (χ1n) is 11.3. The number of hydrogen-bond donors (Lipinski definition) is 1. The Morgan fingerprint density at radius 2 is 1.97 bits per heavy atom. The number of aromatic nitrogens is 2. The fraction of sp³-hybridized carbons (Fsp3) is 0.480. The number of amides is 1. The number of allylic oxidation sites excluding steroid dienone is 1. The summed E-state index contributed by atoms with van der Waals surface area (Å²) in [6.07, 6.45) is 10.3. The molecule has 158 valence electrons. The van der Waals surface area contributed by atoms with Crippen LogP contribution >= 0.6 is 0 Å². The van der Waals surface area contributed by atoms with Gasteiger partial charge in [0.05, 0.1) is 11.6 Å². The highest BCUT2D eigenvalue weighted by molar-refractivity contribution is 5.79. The molecule has 0 radical (unpaired) electrons. The van der Waals surface area contributed by atoms with Gasteiger partial charge in [-0.25, -0.2) is 0 Å². The monoisotopic (exact) mass is 404 g/mol. The topological polar surface area (TPSA) is 58.1 Å². The van der Waals surface area contributed by atoms with Crippen molar-refractivity contribution >= 4 is 11.7 Å². The lowest BCUT2D eigenvalue weighted by Crippen LogP contribution is -2.43. The first-order chi connectivity index (χ1) is 14.7. The molecular formula is C25H32N4O. The maximum Gasteiger partial charge on any atom is 0.224 e. The van der Waals surface area contributed by atoms with E-state index in [9.17, 15) is 4.79 Å². The van der Waals surface area contributed by atoms with Crippen LogP contribution in [0.2, 0.25) is 0 Å². The van der Waals surface area contributed by atoms with Gasteiger partial charge in [-0.1, -0.05) is 41.5 Å². The maximum absolute atomic E-state index is 12.7. The average molecular weight is 405 g/mol. The van der Waals surface area contributed by atoms with Gasteiger partial charge >= 0.3 is 0 Å². The van der Waals surface area contributed by atoms with E-state index in [0.717, 1.165) is 49.4 Å². The number of nitrogens with one attached hydrogen (secondary N) is 1. The standard InChI is InChI=1S/C25H32N4O/c1-19-9-11-21(12-10-19)23-13-14-24(28-27-23)29-17-5-8-22(18-29)25(30)26-16-15-20-6-3-2-4-7-20/h6,9-14,22H,2-5,7-8,15-18H2,1H3,(H,26,30)/t22-/m1/s1. The minimum atomic E-state index is 0.0256. The van der Waals surface area contributed by atoms with Crippen molar-refractivity contribution in [1.82, 2.24) is 15.5 Å². The van der Waals surface area contributed by atoms with Crippen molar-refractivity contribution in [3.63, 3.8) is 0 Å². The van der Waals surface area contributed by atoms with E-state index in [0.29, 0.717) is 6.54 Å². The molecule has 30 heavy (non-hydrogen) atoms. The van der Waals surface area contributed by atoms with Gasteiger partial charge in [-0.05, 0) is 64.0 Å². The van der Waals surface area contributed by atoms with E-state index < -0.39 is 0 Å². The van der Waals surface area contributed by atoms with Crippen LogP contribution < -0.4 is 10.2 Å². The van der Waals surface area contributed by atoms with Crippen molar-refractivity contribution in [3.8, 4) is 11.3 Å². The van der Waals surface area contributed by atoms with Crippen LogP contribution in [0.3, 0.4) is 0 Å². The van der Waals surface area contributed by atoms with Crippen molar-refractivity contribution in [2.45, 2.75) is 51.9 Å². The number of rotatable bonds is 6. The Bertz CT molecular complexity index is 873.